The summed E-state index contributed by atoms with van der Waals surface area (Å²) in [5.41, 5.74) is 6.75. The number of nitrogens with two attached hydrogens (primary N) is 1. The maximum atomic E-state index is 11.9. The third-order valence-electron chi connectivity index (χ3n) is 2.68. The Hall–Kier alpha value is -1.36. The lowest BCUT2D eigenvalue weighted by Crippen LogP contribution is -2.12. The van der Waals surface area contributed by atoms with Crippen LogP contribution in [0.25, 0.3) is 0 Å². The summed E-state index contributed by atoms with van der Waals surface area (Å²) in [6.45, 7) is 0. The number of anilines is 2. The molecular weight excluding hydrogens is 327 g/mol. The molecule has 110 valence electrons. The molecule has 6 heteroatoms. The van der Waals surface area contributed by atoms with E-state index in [4.69, 9.17) is 28.9 Å². The zero-order valence-electron chi connectivity index (χ0n) is 11.1. The van der Waals surface area contributed by atoms with Crippen LogP contribution in [0.1, 0.15) is 6.42 Å². The number of benzene rings is 2. The van der Waals surface area contributed by atoms with Crippen molar-refractivity contribution in [1.82, 2.24) is 0 Å². The van der Waals surface area contributed by atoms with Crippen LogP contribution in [0, 0.1) is 0 Å². The molecule has 2 aromatic rings. The van der Waals surface area contributed by atoms with Gasteiger partial charge in [-0.1, -0.05) is 23.2 Å². The fourth-order valence-corrected chi connectivity index (χ4v) is 2.85. The number of carbonyl (C=O) groups is 1. The fraction of sp³-hybridized carbons (Fsp3) is 0.133. The summed E-state index contributed by atoms with van der Waals surface area (Å²) in [5.74, 6) is 0.600. The van der Waals surface area contributed by atoms with E-state index in [1.165, 1.54) is 0 Å². The van der Waals surface area contributed by atoms with E-state index < -0.39 is 0 Å². The van der Waals surface area contributed by atoms with Crippen molar-refractivity contribution < 1.29 is 4.79 Å². The topological polar surface area (TPSA) is 55.1 Å². The van der Waals surface area contributed by atoms with Crippen LogP contribution < -0.4 is 11.1 Å². The van der Waals surface area contributed by atoms with Gasteiger partial charge in [0.15, 0.2) is 0 Å². The van der Waals surface area contributed by atoms with E-state index in [0.29, 0.717) is 33.6 Å². The highest BCUT2D eigenvalue weighted by molar-refractivity contribution is 7.99. The van der Waals surface area contributed by atoms with Gasteiger partial charge in [0, 0.05) is 27.8 Å². The van der Waals surface area contributed by atoms with Crippen LogP contribution in [0.15, 0.2) is 47.4 Å². The Balaban J connectivity index is 1.81. The van der Waals surface area contributed by atoms with Crippen molar-refractivity contribution in [3.8, 4) is 0 Å². The normalized spacial score (nSPS) is 10.4. The van der Waals surface area contributed by atoms with Crippen molar-refractivity contribution in [3.63, 3.8) is 0 Å². The minimum absolute atomic E-state index is 0.0804. The molecule has 0 aromatic heterocycles. The van der Waals surface area contributed by atoms with Crippen molar-refractivity contribution in [2.75, 3.05) is 16.8 Å². The zero-order chi connectivity index (χ0) is 15.2. The SMILES string of the molecule is Nc1ccc(NC(=O)CCSc2ccc(Cl)cc2)c(Cl)c1. The molecular formula is C15H14Cl2N2OS. The molecule has 0 bridgehead atoms. The number of carbonyl (C=O) groups excluding carboxylic acids is 1. The number of nitrogens with one attached hydrogen (secondary N) is 1. The van der Waals surface area contributed by atoms with Crippen molar-refractivity contribution >= 4 is 52.2 Å². The maximum absolute atomic E-state index is 11.9. The number of rotatable bonds is 5. The third-order valence-corrected chi connectivity index (χ3v) is 4.26. The highest BCUT2D eigenvalue weighted by Gasteiger charge is 2.06. The van der Waals surface area contributed by atoms with Gasteiger partial charge in [-0.3, -0.25) is 4.79 Å². The molecule has 21 heavy (non-hydrogen) atoms. The molecule has 1 amide bonds. The molecule has 3 nitrogen and oxygen atoms in total. The Bertz CT molecular complexity index is 632. The van der Waals surface area contributed by atoms with Crippen molar-refractivity contribution in [3.05, 3.63) is 52.5 Å². The molecule has 0 spiro atoms. The molecule has 3 N–H and O–H groups in total. The first-order chi connectivity index (χ1) is 10.0. The Morgan fingerprint density at radius 2 is 1.86 bits per heavy atom. The molecule has 0 saturated carbocycles. The van der Waals surface area contributed by atoms with Gasteiger partial charge in [-0.05, 0) is 42.5 Å². The van der Waals surface area contributed by atoms with Gasteiger partial charge in [-0.2, -0.15) is 0 Å². The summed E-state index contributed by atoms with van der Waals surface area (Å²) in [4.78, 5) is 12.9. The van der Waals surface area contributed by atoms with Crippen LogP contribution in [0.2, 0.25) is 10.0 Å². The fourth-order valence-electron chi connectivity index (χ4n) is 1.64. The monoisotopic (exact) mass is 340 g/mol. The number of halogens is 2. The van der Waals surface area contributed by atoms with E-state index in [9.17, 15) is 4.79 Å². The van der Waals surface area contributed by atoms with Gasteiger partial charge in [0.05, 0.1) is 10.7 Å². The molecule has 0 unspecified atom stereocenters. The number of hydrogen-bond acceptors (Lipinski definition) is 3. The van der Waals surface area contributed by atoms with Gasteiger partial charge in [0.25, 0.3) is 0 Å². The van der Waals surface area contributed by atoms with E-state index in [0.717, 1.165) is 4.90 Å². The molecule has 0 aliphatic heterocycles. The van der Waals surface area contributed by atoms with Crippen molar-refractivity contribution in [1.29, 1.82) is 0 Å². The third kappa shape index (κ3) is 5.16. The maximum Gasteiger partial charge on any atom is 0.225 e. The Labute approximate surface area is 137 Å². The number of thioether (sulfide) groups is 1. The molecule has 0 aliphatic rings. The van der Waals surface area contributed by atoms with Crippen molar-refractivity contribution in [2.24, 2.45) is 0 Å². The first-order valence-corrected chi connectivity index (χ1v) is 8.02. The molecule has 0 aliphatic carbocycles. The van der Waals surface area contributed by atoms with E-state index in [2.05, 4.69) is 5.32 Å². The summed E-state index contributed by atoms with van der Waals surface area (Å²) < 4.78 is 0. The van der Waals surface area contributed by atoms with E-state index in [-0.39, 0.29) is 5.91 Å². The Morgan fingerprint density at radius 1 is 1.14 bits per heavy atom. The van der Waals surface area contributed by atoms with Gasteiger partial charge in [-0.25, -0.2) is 0 Å². The second-order valence-electron chi connectivity index (χ2n) is 4.34. The second-order valence-corrected chi connectivity index (χ2v) is 6.35. The first-order valence-electron chi connectivity index (χ1n) is 6.28. The second kappa shape index (κ2) is 7.59. The highest BCUT2D eigenvalue weighted by Crippen LogP contribution is 2.25. The molecule has 0 atom stereocenters. The van der Waals surface area contributed by atoms with Crippen molar-refractivity contribution in [2.45, 2.75) is 11.3 Å². The average molecular weight is 341 g/mol. The Morgan fingerprint density at radius 3 is 2.52 bits per heavy atom. The van der Waals surface area contributed by atoms with Crippen LogP contribution in [0.3, 0.4) is 0 Å². The lowest BCUT2D eigenvalue weighted by atomic mass is 10.3. The number of amides is 1. The quantitative estimate of drug-likeness (QED) is 0.612. The highest BCUT2D eigenvalue weighted by atomic mass is 35.5. The predicted molar refractivity (Wildman–Crippen MR) is 91.3 cm³/mol. The summed E-state index contributed by atoms with van der Waals surface area (Å²) in [7, 11) is 0. The van der Waals surface area contributed by atoms with E-state index >= 15 is 0 Å². The van der Waals surface area contributed by atoms with Crippen LogP contribution in [0.5, 0.6) is 0 Å². The van der Waals surface area contributed by atoms with Crippen LogP contribution in [-0.2, 0) is 4.79 Å². The molecule has 0 fully saturated rings. The largest absolute Gasteiger partial charge is 0.399 e. The molecule has 0 saturated heterocycles. The standard InChI is InChI=1S/C15H14Cl2N2OS/c16-10-1-4-12(5-2-10)21-8-7-15(20)19-14-6-3-11(18)9-13(14)17/h1-6,9H,7-8,18H2,(H,19,20). The molecule has 2 aromatic carbocycles. The summed E-state index contributed by atoms with van der Waals surface area (Å²) in [6, 6.07) is 12.5. The summed E-state index contributed by atoms with van der Waals surface area (Å²) >= 11 is 13.4. The minimum Gasteiger partial charge on any atom is -0.399 e. The van der Waals surface area contributed by atoms with Crippen LogP contribution in [0.4, 0.5) is 11.4 Å². The van der Waals surface area contributed by atoms with Crippen LogP contribution in [-0.4, -0.2) is 11.7 Å². The van der Waals surface area contributed by atoms with Gasteiger partial charge >= 0.3 is 0 Å². The van der Waals surface area contributed by atoms with Gasteiger partial charge in [0.2, 0.25) is 5.91 Å². The first kappa shape index (κ1) is 16.0. The van der Waals surface area contributed by atoms with E-state index in [1.807, 2.05) is 24.3 Å². The zero-order valence-corrected chi connectivity index (χ0v) is 13.4. The molecule has 0 radical (unpaired) electrons. The molecule has 2 rings (SSSR count). The van der Waals surface area contributed by atoms with E-state index in [1.54, 1.807) is 30.0 Å². The van der Waals surface area contributed by atoms with Gasteiger partial charge < -0.3 is 11.1 Å². The Kier molecular flexibility index (Phi) is 5.79. The average Bonchev–Trinajstić information content (AvgIpc) is 2.44. The molecule has 0 heterocycles. The lowest BCUT2D eigenvalue weighted by Gasteiger charge is -2.07. The number of nitrogen functional groups attached to an aromatic ring is 1. The van der Waals surface area contributed by atoms with Gasteiger partial charge in [-0.15, -0.1) is 11.8 Å². The van der Waals surface area contributed by atoms with Crippen LogP contribution >= 0.6 is 35.0 Å². The predicted octanol–water partition coefficient (Wildman–Crippen LogP) is 4.70. The van der Waals surface area contributed by atoms with Gasteiger partial charge in [0.1, 0.15) is 0 Å². The smallest absolute Gasteiger partial charge is 0.225 e. The lowest BCUT2D eigenvalue weighted by molar-refractivity contribution is -0.115. The number of hydrogen-bond donors (Lipinski definition) is 2. The summed E-state index contributed by atoms with van der Waals surface area (Å²) in [5, 5.41) is 3.91. The minimum atomic E-state index is -0.0804. The summed E-state index contributed by atoms with van der Waals surface area (Å²) in [6.07, 6.45) is 0.397.